The van der Waals surface area contributed by atoms with Crippen LogP contribution in [0, 0.1) is 11.6 Å². The molecule has 0 radical (unpaired) electrons. The van der Waals surface area contributed by atoms with Crippen molar-refractivity contribution in [1.82, 2.24) is 9.97 Å². The Balaban J connectivity index is 1.54. The fourth-order valence-corrected chi connectivity index (χ4v) is 5.94. The van der Waals surface area contributed by atoms with Crippen molar-refractivity contribution in [2.75, 3.05) is 11.5 Å². The quantitative estimate of drug-likeness (QED) is 0.256. The van der Waals surface area contributed by atoms with Crippen molar-refractivity contribution in [1.29, 1.82) is 0 Å². The fourth-order valence-electron chi connectivity index (χ4n) is 3.97. The summed E-state index contributed by atoms with van der Waals surface area (Å²) in [6.45, 7) is 0. The van der Waals surface area contributed by atoms with Crippen LogP contribution in [-0.2, 0) is 0 Å². The minimum Gasteiger partial charge on any atom is -0.398 e. The second-order valence-electron chi connectivity index (χ2n) is 7.78. The van der Waals surface area contributed by atoms with E-state index >= 15 is 4.39 Å². The molecule has 0 aliphatic rings. The van der Waals surface area contributed by atoms with Crippen molar-refractivity contribution in [3.05, 3.63) is 84.4 Å². The summed E-state index contributed by atoms with van der Waals surface area (Å²) in [5, 5.41) is 1.02. The molecule has 0 bridgehead atoms. The van der Waals surface area contributed by atoms with Gasteiger partial charge < -0.3 is 11.5 Å². The highest BCUT2D eigenvalue weighted by atomic mass is 32.1. The summed E-state index contributed by atoms with van der Waals surface area (Å²) in [6, 6.07) is 21.1. The number of fused-ring (bicyclic) bond motifs is 2. The van der Waals surface area contributed by atoms with Crippen LogP contribution in [0.15, 0.2) is 72.8 Å². The highest BCUT2D eigenvalue weighted by Crippen LogP contribution is 2.42. The first-order chi connectivity index (χ1) is 16.5. The molecule has 4 aromatic carbocycles. The SMILES string of the molecule is Nc1cc(F)c(-c2nc3ccccc3s2)cc1-c1c(N)ccc(-c2nc3ccccc3s2)c1F. The van der Waals surface area contributed by atoms with E-state index in [0.29, 0.717) is 21.1 Å². The number of hydrogen-bond donors (Lipinski definition) is 2. The van der Waals surface area contributed by atoms with E-state index in [-0.39, 0.29) is 22.5 Å². The molecule has 6 rings (SSSR count). The summed E-state index contributed by atoms with van der Waals surface area (Å²) in [5.74, 6) is -1.07. The van der Waals surface area contributed by atoms with Gasteiger partial charge in [-0.15, -0.1) is 22.7 Å². The number of aromatic nitrogens is 2. The van der Waals surface area contributed by atoms with Crippen LogP contribution < -0.4 is 11.5 Å². The molecule has 166 valence electrons. The largest absolute Gasteiger partial charge is 0.398 e. The van der Waals surface area contributed by atoms with Gasteiger partial charge >= 0.3 is 0 Å². The molecule has 0 saturated heterocycles. The number of rotatable bonds is 3. The lowest BCUT2D eigenvalue weighted by Gasteiger charge is -2.14. The molecule has 2 aromatic heterocycles. The number of nitrogens with two attached hydrogens (primary N) is 2. The van der Waals surface area contributed by atoms with Gasteiger partial charge in [0.25, 0.3) is 0 Å². The van der Waals surface area contributed by atoms with Crippen LogP contribution in [0.5, 0.6) is 0 Å². The van der Waals surface area contributed by atoms with E-state index in [1.165, 1.54) is 34.8 Å². The second-order valence-corrected chi connectivity index (χ2v) is 9.85. The molecule has 0 atom stereocenters. The average molecular weight is 487 g/mol. The third-order valence-electron chi connectivity index (χ3n) is 5.63. The molecule has 2 heterocycles. The number of hydrogen-bond acceptors (Lipinski definition) is 6. The zero-order valence-corrected chi connectivity index (χ0v) is 19.2. The number of nitrogen functional groups attached to an aromatic ring is 2. The van der Waals surface area contributed by atoms with Gasteiger partial charge in [0.05, 0.1) is 20.4 Å². The minimum absolute atomic E-state index is 0.0920. The lowest BCUT2D eigenvalue weighted by molar-refractivity contribution is 0.630. The maximum absolute atomic E-state index is 15.9. The van der Waals surface area contributed by atoms with Gasteiger partial charge in [0.15, 0.2) is 0 Å². The molecule has 0 spiro atoms. The maximum atomic E-state index is 15.9. The van der Waals surface area contributed by atoms with Crippen molar-refractivity contribution >= 4 is 54.5 Å². The minimum atomic E-state index is -0.549. The Labute approximate surface area is 201 Å². The molecule has 0 aliphatic carbocycles. The van der Waals surface area contributed by atoms with Crippen molar-refractivity contribution in [2.24, 2.45) is 0 Å². The topological polar surface area (TPSA) is 77.8 Å². The average Bonchev–Trinajstić information content (AvgIpc) is 3.44. The number of para-hydroxylation sites is 2. The number of anilines is 2. The molecule has 6 aromatic rings. The first-order valence-corrected chi connectivity index (χ1v) is 12.0. The number of halogens is 2. The second kappa shape index (κ2) is 7.86. The van der Waals surface area contributed by atoms with Crippen molar-refractivity contribution < 1.29 is 8.78 Å². The Morgan fingerprint density at radius 2 is 1.21 bits per heavy atom. The van der Waals surface area contributed by atoms with Crippen molar-refractivity contribution in [2.45, 2.75) is 0 Å². The monoisotopic (exact) mass is 486 g/mol. The van der Waals surface area contributed by atoms with Crippen LogP contribution in [0.2, 0.25) is 0 Å². The molecule has 4 N–H and O–H groups in total. The summed E-state index contributed by atoms with van der Waals surface area (Å²) in [5.41, 5.74) is 15.2. The van der Waals surface area contributed by atoms with Crippen LogP contribution >= 0.6 is 22.7 Å². The first-order valence-electron chi connectivity index (χ1n) is 10.4. The summed E-state index contributed by atoms with van der Waals surface area (Å²) in [4.78, 5) is 9.12. The standard InChI is InChI=1S/C26H16F2N4S2/c27-16-12-18(30)15(11-14(16)26-32-20-6-2-4-8-22(20)34-26)23-17(29)10-9-13(24(23)28)25-31-19-5-1-3-7-21(19)33-25/h1-12H,29-30H2. The van der Waals surface area contributed by atoms with E-state index in [1.807, 2.05) is 48.5 Å². The van der Waals surface area contributed by atoms with Gasteiger partial charge in [-0.2, -0.15) is 0 Å². The van der Waals surface area contributed by atoms with E-state index in [4.69, 9.17) is 11.5 Å². The third kappa shape index (κ3) is 3.30. The van der Waals surface area contributed by atoms with Crippen LogP contribution in [0.3, 0.4) is 0 Å². The van der Waals surface area contributed by atoms with E-state index < -0.39 is 11.6 Å². The van der Waals surface area contributed by atoms with E-state index in [9.17, 15) is 4.39 Å². The Morgan fingerprint density at radius 1 is 0.618 bits per heavy atom. The molecule has 0 fully saturated rings. The fraction of sp³-hybridized carbons (Fsp3) is 0. The molecule has 0 saturated carbocycles. The molecular formula is C26H16F2N4S2. The van der Waals surface area contributed by atoms with Crippen molar-refractivity contribution in [3.8, 4) is 32.3 Å². The molecular weight excluding hydrogens is 470 g/mol. The van der Waals surface area contributed by atoms with Gasteiger partial charge in [-0.25, -0.2) is 18.7 Å². The van der Waals surface area contributed by atoms with E-state index in [0.717, 1.165) is 20.4 Å². The smallest absolute Gasteiger partial charge is 0.143 e. The Morgan fingerprint density at radius 3 is 1.82 bits per heavy atom. The zero-order valence-electron chi connectivity index (χ0n) is 17.5. The van der Waals surface area contributed by atoms with Crippen molar-refractivity contribution in [3.63, 3.8) is 0 Å². The molecule has 0 aliphatic heterocycles. The number of benzene rings is 4. The molecule has 4 nitrogen and oxygen atoms in total. The van der Waals surface area contributed by atoms with Crippen LogP contribution in [-0.4, -0.2) is 9.97 Å². The number of thiazole rings is 2. The Kier molecular flexibility index (Phi) is 4.79. The molecule has 0 amide bonds. The normalized spacial score (nSPS) is 11.5. The van der Waals surface area contributed by atoms with Crippen LogP contribution in [0.25, 0.3) is 52.7 Å². The van der Waals surface area contributed by atoms with Gasteiger partial charge in [-0.05, 0) is 48.5 Å². The van der Waals surface area contributed by atoms with E-state index in [2.05, 4.69) is 9.97 Å². The predicted molar refractivity (Wildman–Crippen MR) is 138 cm³/mol. The Hall–Kier alpha value is -3.88. The molecule has 0 unspecified atom stereocenters. The van der Waals surface area contributed by atoms with Crippen LogP contribution in [0.1, 0.15) is 0 Å². The molecule has 34 heavy (non-hydrogen) atoms. The number of nitrogens with zero attached hydrogens (tertiary/aromatic N) is 2. The summed E-state index contributed by atoms with van der Waals surface area (Å²) in [6.07, 6.45) is 0. The maximum Gasteiger partial charge on any atom is 0.143 e. The highest BCUT2D eigenvalue weighted by Gasteiger charge is 2.22. The highest BCUT2D eigenvalue weighted by molar-refractivity contribution is 7.22. The van der Waals surface area contributed by atoms with E-state index in [1.54, 1.807) is 12.1 Å². The van der Waals surface area contributed by atoms with Crippen LogP contribution in [0.4, 0.5) is 20.2 Å². The van der Waals surface area contributed by atoms with Gasteiger partial charge in [-0.1, -0.05) is 24.3 Å². The Bertz CT molecular complexity index is 1660. The molecule has 8 heteroatoms. The first kappa shape index (κ1) is 20.7. The van der Waals surface area contributed by atoms with Gasteiger partial charge in [0.2, 0.25) is 0 Å². The van der Waals surface area contributed by atoms with Gasteiger partial charge in [-0.3, -0.25) is 0 Å². The summed E-state index contributed by atoms with van der Waals surface area (Å²) in [7, 11) is 0. The van der Waals surface area contributed by atoms with Gasteiger partial charge in [0.1, 0.15) is 21.6 Å². The third-order valence-corrected chi connectivity index (χ3v) is 7.77. The predicted octanol–water partition coefficient (Wildman–Crippen LogP) is 7.35. The lowest BCUT2D eigenvalue weighted by Crippen LogP contribution is -2.01. The lowest BCUT2D eigenvalue weighted by atomic mass is 9.96. The summed E-state index contributed by atoms with van der Waals surface area (Å²) >= 11 is 2.75. The summed E-state index contributed by atoms with van der Waals surface area (Å²) < 4.78 is 32.8. The zero-order chi connectivity index (χ0) is 23.4. The van der Waals surface area contributed by atoms with Gasteiger partial charge in [0, 0.05) is 33.6 Å².